The molecule has 0 radical (unpaired) electrons. The molecule has 2 heterocycles. The van der Waals surface area contributed by atoms with Crippen LogP contribution in [-0.2, 0) is 4.79 Å². The molecule has 6 nitrogen and oxygen atoms in total. The van der Waals surface area contributed by atoms with E-state index >= 15 is 0 Å². The number of nitrogens with one attached hydrogen (secondary N) is 1. The second-order valence-corrected chi connectivity index (χ2v) is 9.27. The topological polar surface area (TPSA) is 55.9 Å². The molecule has 1 unspecified atom stereocenters. The van der Waals surface area contributed by atoms with Crippen LogP contribution in [-0.4, -0.2) is 79.4 Å². The summed E-state index contributed by atoms with van der Waals surface area (Å²) >= 11 is 0. The van der Waals surface area contributed by atoms with E-state index in [1.54, 1.807) is 4.90 Å². The highest BCUT2D eigenvalue weighted by molar-refractivity contribution is 5.94. The van der Waals surface area contributed by atoms with Crippen LogP contribution in [0.5, 0.6) is 0 Å². The summed E-state index contributed by atoms with van der Waals surface area (Å²) in [6.07, 6.45) is 1.02. The number of benzene rings is 2. The number of halogens is 2. The van der Waals surface area contributed by atoms with Crippen LogP contribution in [0, 0.1) is 17.6 Å². The summed E-state index contributed by atoms with van der Waals surface area (Å²) in [5.74, 6) is -2.26. The maximum atomic E-state index is 14.0. The van der Waals surface area contributed by atoms with E-state index in [-0.39, 0.29) is 23.4 Å². The van der Waals surface area contributed by atoms with Gasteiger partial charge in [-0.1, -0.05) is 30.3 Å². The molecule has 8 heteroatoms. The fourth-order valence-corrected chi connectivity index (χ4v) is 4.68. The van der Waals surface area contributed by atoms with Gasteiger partial charge < -0.3 is 15.1 Å². The van der Waals surface area contributed by atoms with Crippen molar-refractivity contribution < 1.29 is 18.4 Å². The number of nitrogens with zero attached hydrogens (tertiary/aromatic N) is 3. The Hall–Kier alpha value is -2.84. The van der Waals surface area contributed by atoms with Crippen molar-refractivity contribution in [2.75, 3.05) is 52.9 Å². The molecule has 0 aliphatic carbocycles. The Morgan fingerprint density at radius 2 is 1.65 bits per heavy atom. The van der Waals surface area contributed by atoms with E-state index in [9.17, 15) is 18.4 Å². The second-order valence-electron chi connectivity index (χ2n) is 9.27. The van der Waals surface area contributed by atoms with Crippen LogP contribution < -0.4 is 5.32 Å². The smallest absolute Gasteiger partial charge is 0.256 e. The Morgan fingerprint density at radius 1 is 0.971 bits per heavy atom. The van der Waals surface area contributed by atoms with E-state index in [1.807, 2.05) is 30.3 Å². The number of amides is 2. The lowest BCUT2D eigenvalue weighted by atomic mass is 9.94. The Labute approximate surface area is 199 Å². The normalized spacial score (nSPS) is 19.1. The second kappa shape index (κ2) is 11.1. The van der Waals surface area contributed by atoms with Crippen molar-refractivity contribution in [2.45, 2.75) is 18.9 Å². The summed E-state index contributed by atoms with van der Waals surface area (Å²) in [6, 6.07) is 12.9. The SMILES string of the molecule is CN1CCN(CC(NC(=O)C2CCN(C(=O)c3ccc(F)cc3F)CC2)c2ccccc2)CC1. The molecular weight excluding hydrogens is 438 g/mol. The van der Waals surface area contributed by atoms with Crippen LogP contribution in [0.25, 0.3) is 0 Å². The number of carbonyl (C=O) groups excluding carboxylic acids is 2. The first-order valence-corrected chi connectivity index (χ1v) is 11.9. The highest BCUT2D eigenvalue weighted by Gasteiger charge is 2.30. The largest absolute Gasteiger partial charge is 0.348 e. The number of rotatable bonds is 6. The molecule has 0 bridgehead atoms. The first kappa shape index (κ1) is 24.3. The molecule has 1 atom stereocenters. The predicted octanol–water partition coefficient (Wildman–Crippen LogP) is 2.92. The van der Waals surface area contributed by atoms with Gasteiger partial charge in [-0.25, -0.2) is 8.78 Å². The van der Waals surface area contributed by atoms with Gasteiger partial charge in [0, 0.05) is 57.8 Å². The zero-order valence-electron chi connectivity index (χ0n) is 19.6. The molecule has 0 aromatic heterocycles. The summed E-state index contributed by atoms with van der Waals surface area (Å²) in [4.78, 5) is 32.1. The third-order valence-corrected chi connectivity index (χ3v) is 6.87. The molecule has 2 fully saturated rings. The number of likely N-dealkylation sites (tertiary alicyclic amines) is 1. The van der Waals surface area contributed by atoms with Gasteiger partial charge in [0.15, 0.2) is 0 Å². The minimum absolute atomic E-state index is 0.0111. The van der Waals surface area contributed by atoms with E-state index in [1.165, 1.54) is 6.07 Å². The number of likely N-dealkylation sites (N-methyl/N-ethyl adjacent to an activating group) is 1. The van der Waals surface area contributed by atoms with Crippen LogP contribution in [0.2, 0.25) is 0 Å². The van der Waals surface area contributed by atoms with Gasteiger partial charge in [-0.05, 0) is 37.6 Å². The summed E-state index contributed by atoms with van der Waals surface area (Å²) in [7, 11) is 2.12. The van der Waals surface area contributed by atoms with Crippen LogP contribution in [0.15, 0.2) is 48.5 Å². The number of hydrogen-bond acceptors (Lipinski definition) is 4. The van der Waals surface area contributed by atoms with Crippen molar-refractivity contribution in [2.24, 2.45) is 5.92 Å². The molecule has 182 valence electrons. The fraction of sp³-hybridized carbons (Fsp3) is 0.462. The lowest BCUT2D eigenvalue weighted by Crippen LogP contribution is -2.49. The molecule has 4 rings (SSSR count). The van der Waals surface area contributed by atoms with E-state index in [0.717, 1.165) is 50.4 Å². The standard InChI is InChI=1S/C26H32F2N4O2/c1-30-13-15-31(16-14-30)18-24(19-5-3-2-4-6-19)29-25(33)20-9-11-32(12-10-20)26(34)22-8-7-21(27)17-23(22)28/h2-8,17,20,24H,9-16,18H2,1H3,(H,29,33). The lowest BCUT2D eigenvalue weighted by molar-refractivity contribution is -0.127. The zero-order chi connectivity index (χ0) is 24.1. The summed E-state index contributed by atoms with van der Waals surface area (Å²) in [5.41, 5.74) is 0.940. The average molecular weight is 471 g/mol. The number of hydrogen-bond donors (Lipinski definition) is 1. The van der Waals surface area contributed by atoms with E-state index in [4.69, 9.17) is 0 Å². The van der Waals surface area contributed by atoms with Gasteiger partial charge in [-0.15, -0.1) is 0 Å². The van der Waals surface area contributed by atoms with Crippen molar-refractivity contribution in [1.82, 2.24) is 20.0 Å². The van der Waals surface area contributed by atoms with Gasteiger partial charge in [-0.3, -0.25) is 14.5 Å². The van der Waals surface area contributed by atoms with Crippen molar-refractivity contribution >= 4 is 11.8 Å². The van der Waals surface area contributed by atoms with E-state index in [0.29, 0.717) is 25.9 Å². The van der Waals surface area contributed by atoms with Gasteiger partial charge in [0.05, 0.1) is 11.6 Å². The number of piperazine rings is 1. The van der Waals surface area contributed by atoms with Crippen LogP contribution in [0.4, 0.5) is 8.78 Å². The van der Waals surface area contributed by atoms with E-state index < -0.39 is 17.5 Å². The first-order chi connectivity index (χ1) is 16.4. The molecule has 2 aromatic rings. The highest BCUT2D eigenvalue weighted by atomic mass is 19.1. The van der Waals surface area contributed by atoms with Crippen molar-refractivity contribution in [3.05, 3.63) is 71.3 Å². The van der Waals surface area contributed by atoms with Crippen molar-refractivity contribution in [3.8, 4) is 0 Å². The Bertz CT molecular complexity index is 988. The molecule has 2 aliphatic heterocycles. The number of carbonyl (C=O) groups is 2. The van der Waals surface area contributed by atoms with Crippen LogP contribution >= 0.6 is 0 Å². The van der Waals surface area contributed by atoms with Gasteiger partial charge in [0.25, 0.3) is 5.91 Å². The molecule has 0 saturated carbocycles. The minimum Gasteiger partial charge on any atom is -0.348 e. The molecule has 2 amide bonds. The summed E-state index contributed by atoms with van der Waals surface area (Å²) < 4.78 is 27.2. The van der Waals surface area contributed by atoms with Crippen LogP contribution in [0.3, 0.4) is 0 Å². The third kappa shape index (κ3) is 5.98. The van der Waals surface area contributed by atoms with Crippen molar-refractivity contribution in [3.63, 3.8) is 0 Å². The monoisotopic (exact) mass is 470 g/mol. The average Bonchev–Trinajstić information content (AvgIpc) is 2.85. The predicted molar refractivity (Wildman–Crippen MR) is 126 cm³/mol. The molecule has 2 aromatic carbocycles. The molecule has 1 N–H and O–H groups in total. The maximum Gasteiger partial charge on any atom is 0.256 e. The lowest BCUT2D eigenvalue weighted by Gasteiger charge is -2.36. The third-order valence-electron chi connectivity index (χ3n) is 6.87. The number of piperidine rings is 1. The van der Waals surface area contributed by atoms with Gasteiger partial charge in [-0.2, -0.15) is 0 Å². The Balaban J connectivity index is 1.35. The summed E-state index contributed by atoms with van der Waals surface area (Å²) in [5, 5.41) is 3.25. The van der Waals surface area contributed by atoms with Gasteiger partial charge in [0.1, 0.15) is 11.6 Å². The van der Waals surface area contributed by atoms with Gasteiger partial charge in [0.2, 0.25) is 5.91 Å². The summed E-state index contributed by atoms with van der Waals surface area (Å²) in [6.45, 7) is 5.44. The molecule has 0 spiro atoms. The quantitative estimate of drug-likeness (QED) is 0.706. The van der Waals surface area contributed by atoms with Crippen LogP contribution in [0.1, 0.15) is 34.8 Å². The van der Waals surface area contributed by atoms with E-state index in [2.05, 4.69) is 22.2 Å². The molecular formula is C26H32F2N4O2. The Morgan fingerprint density at radius 3 is 2.29 bits per heavy atom. The minimum atomic E-state index is -0.862. The first-order valence-electron chi connectivity index (χ1n) is 11.9. The molecule has 2 aliphatic rings. The Kier molecular flexibility index (Phi) is 7.90. The highest BCUT2D eigenvalue weighted by Crippen LogP contribution is 2.23. The zero-order valence-corrected chi connectivity index (χ0v) is 19.6. The van der Waals surface area contributed by atoms with Crippen molar-refractivity contribution in [1.29, 1.82) is 0 Å². The molecule has 34 heavy (non-hydrogen) atoms. The maximum absolute atomic E-state index is 14.0. The fourth-order valence-electron chi connectivity index (χ4n) is 4.68. The molecule has 2 saturated heterocycles. The van der Waals surface area contributed by atoms with Gasteiger partial charge >= 0.3 is 0 Å².